The highest BCUT2D eigenvalue weighted by Crippen LogP contribution is 2.12. The first-order chi connectivity index (χ1) is 7.63. The molecule has 0 aromatic carbocycles. The number of hydrogen-bond acceptors (Lipinski definition) is 3. The lowest BCUT2D eigenvalue weighted by molar-refractivity contribution is 0.166. The molecule has 3 nitrogen and oxygen atoms in total. The van der Waals surface area contributed by atoms with Gasteiger partial charge in [0.25, 0.3) is 0 Å². The van der Waals surface area contributed by atoms with Crippen LogP contribution in [0.1, 0.15) is 19.4 Å². The number of rotatable bonds is 2. The van der Waals surface area contributed by atoms with Gasteiger partial charge in [-0.1, -0.05) is 11.6 Å². The number of pyridine rings is 1. The van der Waals surface area contributed by atoms with Crippen LogP contribution in [0.2, 0.25) is 5.15 Å². The second kappa shape index (κ2) is 5.13. The predicted octanol–water partition coefficient (Wildman–Crippen LogP) is 1.92. The fraction of sp³-hybridized carbons (Fsp3) is 0.583. The van der Waals surface area contributed by atoms with Gasteiger partial charge in [-0.3, -0.25) is 4.90 Å². The molecule has 0 bridgehead atoms. The Balaban J connectivity index is 1.98. The van der Waals surface area contributed by atoms with Crippen molar-refractivity contribution < 1.29 is 0 Å². The zero-order chi connectivity index (χ0) is 11.5. The minimum atomic E-state index is 0.557. The summed E-state index contributed by atoms with van der Waals surface area (Å²) in [6.45, 7) is 7.58. The second-order valence-electron chi connectivity index (χ2n) is 4.65. The Hall–Kier alpha value is -0.640. The molecule has 0 spiro atoms. The number of nitrogens with zero attached hydrogens (tertiary/aromatic N) is 2. The summed E-state index contributed by atoms with van der Waals surface area (Å²) in [6, 6.07) is 5.09. The van der Waals surface area contributed by atoms with Gasteiger partial charge in [0.1, 0.15) is 5.15 Å². The van der Waals surface area contributed by atoms with E-state index in [1.165, 1.54) is 5.56 Å². The molecule has 0 radical (unpaired) electrons. The summed E-state index contributed by atoms with van der Waals surface area (Å²) in [5, 5.41) is 4.10. The van der Waals surface area contributed by atoms with Crippen molar-refractivity contribution in [3.05, 3.63) is 29.0 Å². The van der Waals surface area contributed by atoms with Crippen LogP contribution >= 0.6 is 11.6 Å². The molecule has 1 saturated heterocycles. The van der Waals surface area contributed by atoms with Crippen LogP contribution < -0.4 is 5.32 Å². The molecule has 16 heavy (non-hydrogen) atoms. The van der Waals surface area contributed by atoms with Crippen molar-refractivity contribution >= 4 is 11.6 Å². The van der Waals surface area contributed by atoms with E-state index in [-0.39, 0.29) is 0 Å². The van der Waals surface area contributed by atoms with Crippen LogP contribution in [0.25, 0.3) is 0 Å². The van der Waals surface area contributed by atoms with Crippen molar-refractivity contribution in [3.63, 3.8) is 0 Å². The molecule has 0 amide bonds. The van der Waals surface area contributed by atoms with E-state index in [4.69, 9.17) is 11.6 Å². The molecule has 1 fully saturated rings. The summed E-state index contributed by atoms with van der Waals surface area (Å²) in [7, 11) is 0. The molecule has 1 N–H and O–H groups in total. The van der Waals surface area contributed by atoms with Crippen LogP contribution in [0.3, 0.4) is 0 Å². The Morgan fingerprint density at radius 3 is 2.75 bits per heavy atom. The van der Waals surface area contributed by atoms with Gasteiger partial charge in [0, 0.05) is 37.9 Å². The Kier molecular flexibility index (Phi) is 3.79. The van der Waals surface area contributed by atoms with Gasteiger partial charge >= 0.3 is 0 Å². The summed E-state index contributed by atoms with van der Waals surface area (Å²) >= 11 is 5.88. The minimum absolute atomic E-state index is 0.557. The molecule has 4 heteroatoms. The lowest BCUT2D eigenvalue weighted by Crippen LogP contribution is -2.53. The van der Waals surface area contributed by atoms with Gasteiger partial charge in [-0.15, -0.1) is 0 Å². The summed E-state index contributed by atoms with van der Waals surface area (Å²) in [5.41, 5.74) is 1.24. The summed E-state index contributed by atoms with van der Waals surface area (Å²) < 4.78 is 0. The quantitative estimate of drug-likeness (QED) is 0.800. The van der Waals surface area contributed by atoms with Crippen molar-refractivity contribution in [2.45, 2.75) is 32.5 Å². The van der Waals surface area contributed by atoms with E-state index in [0.717, 1.165) is 19.6 Å². The van der Waals surface area contributed by atoms with Crippen LogP contribution in [0.4, 0.5) is 0 Å². The second-order valence-corrected chi connectivity index (χ2v) is 5.04. The molecule has 2 unspecified atom stereocenters. The monoisotopic (exact) mass is 239 g/mol. The van der Waals surface area contributed by atoms with Crippen LogP contribution in [-0.4, -0.2) is 35.1 Å². The van der Waals surface area contributed by atoms with Crippen LogP contribution in [0.15, 0.2) is 18.3 Å². The van der Waals surface area contributed by atoms with Crippen molar-refractivity contribution in [1.29, 1.82) is 0 Å². The summed E-state index contributed by atoms with van der Waals surface area (Å²) in [5.74, 6) is 0. The molecule has 1 aromatic heterocycles. The van der Waals surface area contributed by atoms with E-state index in [2.05, 4.69) is 29.0 Å². The zero-order valence-electron chi connectivity index (χ0n) is 9.78. The third-order valence-corrected chi connectivity index (χ3v) is 3.04. The molecule has 1 aliphatic heterocycles. The van der Waals surface area contributed by atoms with E-state index < -0.39 is 0 Å². The molecule has 0 saturated carbocycles. The van der Waals surface area contributed by atoms with Gasteiger partial charge in [-0.2, -0.15) is 0 Å². The number of nitrogens with one attached hydrogen (secondary N) is 1. The highest BCUT2D eigenvalue weighted by molar-refractivity contribution is 6.29. The Morgan fingerprint density at radius 2 is 2.12 bits per heavy atom. The van der Waals surface area contributed by atoms with Crippen LogP contribution in [-0.2, 0) is 6.54 Å². The van der Waals surface area contributed by atoms with E-state index in [1.807, 2.05) is 12.1 Å². The number of piperazine rings is 1. The van der Waals surface area contributed by atoms with Crippen molar-refractivity contribution in [3.8, 4) is 0 Å². The largest absolute Gasteiger partial charge is 0.309 e. The summed E-state index contributed by atoms with van der Waals surface area (Å²) in [6.07, 6.45) is 1.77. The Bertz CT molecular complexity index is 346. The Morgan fingerprint density at radius 1 is 1.44 bits per heavy atom. The van der Waals surface area contributed by atoms with Gasteiger partial charge in [0.05, 0.1) is 0 Å². The molecule has 88 valence electrons. The molecular formula is C12H18ClN3. The maximum absolute atomic E-state index is 5.88. The highest BCUT2D eigenvalue weighted by atomic mass is 35.5. The van der Waals surface area contributed by atoms with Gasteiger partial charge in [0.15, 0.2) is 0 Å². The fourth-order valence-electron chi connectivity index (χ4n) is 2.37. The van der Waals surface area contributed by atoms with Crippen molar-refractivity contribution in [2.24, 2.45) is 0 Å². The molecule has 1 aliphatic rings. The number of aromatic nitrogens is 1. The fourth-order valence-corrected chi connectivity index (χ4v) is 2.56. The molecule has 2 atom stereocenters. The normalized spacial score (nSPS) is 26.9. The first kappa shape index (κ1) is 11.8. The highest BCUT2D eigenvalue weighted by Gasteiger charge is 2.20. The average Bonchev–Trinajstić information content (AvgIpc) is 2.15. The maximum Gasteiger partial charge on any atom is 0.129 e. The lowest BCUT2D eigenvalue weighted by Gasteiger charge is -2.36. The lowest BCUT2D eigenvalue weighted by atomic mass is 10.1. The minimum Gasteiger partial charge on any atom is -0.309 e. The number of halogens is 1. The number of hydrogen-bond donors (Lipinski definition) is 1. The van der Waals surface area contributed by atoms with Crippen molar-refractivity contribution in [2.75, 3.05) is 13.1 Å². The molecule has 0 aliphatic carbocycles. The summed E-state index contributed by atoms with van der Waals surface area (Å²) in [4.78, 5) is 6.45. The van der Waals surface area contributed by atoms with Gasteiger partial charge in [-0.05, 0) is 31.5 Å². The molecule has 2 rings (SSSR count). The van der Waals surface area contributed by atoms with Gasteiger partial charge in [-0.25, -0.2) is 4.98 Å². The molecule has 2 heterocycles. The van der Waals surface area contributed by atoms with Crippen molar-refractivity contribution in [1.82, 2.24) is 15.2 Å². The Labute approximate surface area is 102 Å². The average molecular weight is 240 g/mol. The molecular weight excluding hydrogens is 222 g/mol. The van der Waals surface area contributed by atoms with E-state index in [1.54, 1.807) is 6.20 Å². The van der Waals surface area contributed by atoms with E-state index in [9.17, 15) is 0 Å². The topological polar surface area (TPSA) is 28.2 Å². The van der Waals surface area contributed by atoms with E-state index >= 15 is 0 Å². The van der Waals surface area contributed by atoms with E-state index in [0.29, 0.717) is 17.2 Å². The van der Waals surface area contributed by atoms with Gasteiger partial charge < -0.3 is 5.32 Å². The third-order valence-electron chi connectivity index (χ3n) is 2.83. The van der Waals surface area contributed by atoms with Crippen LogP contribution in [0.5, 0.6) is 0 Å². The first-order valence-electron chi connectivity index (χ1n) is 5.72. The predicted molar refractivity (Wildman–Crippen MR) is 66.6 cm³/mol. The smallest absolute Gasteiger partial charge is 0.129 e. The van der Waals surface area contributed by atoms with Gasteiger partial charge in [0.2, 0.25) is 0 Å². The third kappa shape index (κ3) is 3.17. The standard InChI is InChI=1S/C12H18ClN3/c1-9-6-16(7-10(2)15-9)8-11-3-4-14-12(13)5-11/h3-5,9-10,15H,6-8H2,1-2H3. The zero-order valence-corrected chi connectivity index (χ0v) is 10.5. The maximum atomic E-state index is 5.88. The SMILES string of the molecule is CC1CN(Cc2ccnc(Cl)c2)CC(C)N1. The van der Waals surface area contributed by atoms with Crippen LogP contribution in [0, 0.1) is 0 Å². The first-order valence-corrected chi connectivity index (χ1v) is 6.10. The molecule has 1 aromatic rings.